The van der Waals surface area contributed by atoms with E-state index in [4.69, 9.17) is 4.74 Å². The first kappa shape index (κ1) is 22.6. The lowest BCUT2D eigenvalue weighted by molar-refractivity contribution is -0.0374. The number of ether oxygens (including phenoxy) is 1. The molecule has 3 nitrogen and oxygen atoms in total. The number of aromatic amines is 1. The van der Waals surface area contributed by atoms with Crippen molar-refractivity contribution in [1.29, 1.82) is 0 Å². The van der Waals surface area contributed by atoms with Gasteiger partial charge in [0.2, 0.25) is 0 Å². The Morgan fingerprint density at radius 2 is 1.88 bits per heavy atom. The topological polar surface area (TPSA) is 28.3 Å². The molecule has 2 atom stereocenters. The molecule has 0 unspecified atom stereocenters. The smallest absolute Gasteiger partial charge is 0.257 e. The molecule has 0 aliphatic carbocycles. The van der Waals surface area contributed by atoms with Gasteiger partial charge in [-0.1, -0.05) is 18.6 Å². The SMILES string of the molecule is CCCOc1cc(F)c([C@@H]2c3[nH]c4ccc(C)cc4c3C[C@@H](C)N2CC(C)(F)F)c(F)c1.[HH]. The van der Waals surface area contributed by atoms with Gasteiger partial charge < -0.3 is 9.72 Å². The summed E-state index contributed by atoms with van der Waals surface area (Å²) in [5, 5.41) is 0.962. The number of rotatable bonds is 6. The van der Waals surface area contributed by atoms with Gasteiger partial charge in [0.05, 0.1) is 19.2 Å². The largest absolute Gasteiger partial charge is 0.493 e. The highest BCUT2D eigenvalue weighted by Crippen LogP contribution is 2.44. The summed E-state index contributed by atoms with van der Waals surface area (Å²) in [6, 6.07) is 6.82. The zero-order chi connectivity index (χ0) is 23.2. The quantitative estimate of drug-likeness (QED) is 0.419. The van der Waals surface area contributed by atoms with E-state index >= 15 is 8.78 Å². The molecule has 1 N–H and O–H groups in total. The monoisotopic (exact) mass is 450 g/mol. The maximum atomic E-state index is 15.3. The molecular weight excluding hydrogens is 420 g/mol. The van der Waals surface area contributed by atoms with Gasteiger partial charge in [-0.3, -0.25) is 4.90 Å². The van der Waals surface area contributed by atoms with E-state index in [1.54, 1.807) is 0 Å². The summed E-state index contributed by atoms with van der Waals surface area (Å²) in [5.41, 5.74) is 3.12. The predicted octanol–water partition coefficient (Wildman–Crippen LogP) is 6.78. The van der Waals surface area contributed by atoms with E-state index < -0.39 is 30.1 Å². The van der Waals surface area contributed by atoms with E-state index in [1.165, 1.54) is 4.90 Å². The first-order valence-corrected chi connectivity index (χ1v) is 11.0. The number of nitrogens with zero attached hydrogens (tertiary/aromatic N) is 1. The summed E-state index contributed by atoms with van der Waals surface area (Å²) < 4.78 is 64.3. The lowest BCUT2D eigenvalue weighted by Crippen LogP contribution is -2.47. The highest BCUT2D eigenvalue weighted by molar-refractivity contribution is 5.86. The van der Waals surface area contributed by atoms with Gasteiger partial charge in [0, 0.05) is 48.7 Å². The predicted molar refractivity (Wildman–Crippen MR) is 120 cm³/mol. The molecule has 0 radical (unpaired) electrons. The molecule has 0 saturated heterocycles. The summed E-state index contributed by atoms with van der Waals surface area (Å²) in [7, 11) is 0. The van der Waals surface area contributed by atoms with Gasteiger partial charge in [0.15, 0.2) is 0 Å². The summed E-state index contributed by atoms with van der Waals surface area (Å²) in [6.45, 7) is 6.24. The van der Waals surface area contributed by atoms with Crippen LogP contribution < -0.4 is 4.74 Å². The van der Waals surface area contributed by atoms with E-state index in [0.29, 0.717) is 25.1 Å². The lowest BCUT2D eigenvalue weighted by Gasteiger charge is -2.42. The van der Waals surface area contributed by atoms with Crippen LogP contribution >= 0.6 is 0 Å². The Bertz CT molecular complexity index is 1120. The summed E-state index contributed by atoms with van der Waals surface area (Å²) in [6.07, 6.45) is 1.20. The number of fused-ring (bicyclic) bond motifs is 3. The van der Waals surface area contributed by atoms with Gasteiger partial charge in [0.25, 0.3) is 5.92 Å². The standard InChI is InChI=1S/C25H28F4N2O.H2/c1-5-8-32-16-11-19(26)22(20(27)12-16)24-23-18(10-15(3)31(24)13-25(4,28)29)17-9-14(2)6-7-21(17)30-23;/h6-7,9,11-12,15,24,30H,5,8,10,13H2,1-4H3;1H/t15-,24-;/m1./s1. The van der Waals surface area contributed by atoms with Crippen LogP contribution in [0.2, 0.25) is 0 Å². The third-order valence-electron chi connectivity index (χ3n) is 6.02. The summed E-state index contributed by atoms with van der Waals surface area (Å²) in [5.74, 6) is -4.54. The Hall–Kier alpha value is -2.54. The van der Waals surface area contributed by atoms with E-state index in [-0.39, 0.29) is 18.8 Å². The second-order valence-electron chi connectivity index (χ2n) is 8.91. The van der Waals surface area contributed by atoms with Gasteiger partial charge in [-0.05, 0) is 44.4 Å². The molecule has 174 valence electrons. The number of aromatic nitrogens is 1. The Morgan fingerprint density at radius 1 is 1.19 bits per heavy atom. The summed E-state index contributed by atoms with van der Waals surface area (Å²) in [4.78, 5) is 4.78. The van der Waals surface area contributed by atoms with Crippen molar-refractivity contribution in [2.45, 2.75) is 58.5 Å². The van der Waals surface area contributed by atoms with Crippen LogP contribution in [-0.4, -0.2) is 35.0 Å². The molecule has 0 saturated carbocycles. The average molecular weight is 451 g/mol. The molecule has 7 heteroatoms. The Balaban J connectivity index is 0.00000306. The van der Waals surface area contributed by atoms with Crippen molar-refractivity contribution >= 4 is 10.9 Å². The molecular formula is C25H30F4N2O. The van der Waals surface area contributed by atoms with Gasteiger partial charge in [-0.2, -0.15) is 0 Å². The maximum Gasteiger partial charge on any atom is 0.257 e. The van der Waals surface area contributed by atoms with Crippen LogP contribution in [0.3, 0.4) is 0 Å². The number of halogens is 4. The van der Waals surface area contributed by atoms with Crippen LogP contribution in [0.4, 0.5) is 17.6 Å². The number of hydrogen-bond donors (Lipinski definition) is 1. The highest BCUT2D eigenvalue weighted by atomic mass is 19.3. The van der Waals surface area contributed by atoms with E-state index in [1.807, 2.05) is 39.0 Å². The van der Waals surface area contributed by atoms with Crippen molar-refractivity contribution in [2.24, 2.45) is 0 Å². The molecule has 1 aromatic heterocycles. The van der Waals surface area contributed by atoms with Crippen LogP contribution in [0.1, 0.15) is 57.0 Å². The second-order valence-corrected chi connectivity index (χ2v) is 8.91. The van der Waals surface area contributed by atoms with Crippen LogP contribution in [0.15, 0.2) is 30.3 Å². The number of benzene rings is 2. The fraction of sp³-hybridized carbons (Fsp3) is 0.440. The van der Waals surface area contributed by atoms with Crippen LogP contribution in [0.5, 0.6) is 5.75 Å². The molecule has 0 spiro atoms. The molecule has 1 aliphatic rings. The zero-order valence-electron chi connectivity index (χ0n) is 18.7. The molecule has 0 fully saturated rings. The van der Waals surface area contributed by atoms with Gasteiger partial charge in [0.1, 0.15) is 17.4 Å². The Morgan fingerprint density at radius 3 is 2.50 bits per heavy atom. The highest BCUT2D eigenvalue weighted by Gasteiger charge is 2.42. The van der Waals surface area contributed by atoms with Crippen molar-refractivity contribution in [1.82, 2.24) is 9.88 Å². The molecule has 2 heterocycles. The van der Waals surface area contributed by atoms with E-state index in [9.17, 15) is 8.78 Å². The number of H-pyrrole nitrogens is 1. The molecule has 3 aromatic rings. The Kier molecular flexibility index (Phi) is 5.96. The molecule has 2 aromatic carbocycles. The van der Waals surface area contributed by atoms with Crippen molar-refractivity contribution < 1.29 is 23.7 Å². The van der Waals surface area contributed by atoms with Crippen molar-refractivity contribution in [3.05, 3.63) is 64.4 Å². The van der Waals surface area contributed by atoms with Gasteiger partial charge >= 0.3 is 0 Å². The minimum atomic E-state index is -3.02. The lowest BCUT2D eigenvalue weighted by atomic mass is 9.87. The molecule has 4 rings (SSSR count). The van der Waals surface area contributed by atoms with Crippen molar-refractivity contribution in [3.8, 4) is 5.75 Å². The minimum Gasteiger partial charge on any atom is -0.493 e. The third-order valence-corrected chi connectivity index (χ3v) is 6.02. The fourth-order valence-electron chi connectivity index (χ4n) is 4.67. The van der Waals surface area contributed by atoms with Crippen molar-refractivity contribution in [2.75, 3.05) is 13.2 Å². The number of nitrogens with one attached hydrogen (secondary N) is 1. The van der Waals surface area contributed by atoms with E-state index in [2.05, 4.69) is 4.98 Å². The van der Waals surface area contributed by atoms with Crippen molar-refractivity contribution in [3.63, 3.8) is 0 Å². The maximum absolute atomic E-state index is 15.3. The zero-order valence-corrected chi connectivity index (χ0v) is 18.7. The van der Waals surface area contributed by atoms with Gasteiger partial charge in [-0.25, -0.2) is 17.6 Å². The second kappa shape index (κ2) is 8.43. The number of hydrogen-bond acceptors (Lipinski definition) is 2. The average Bonchev–Trinajstić information content (AvgIpc) is 3.04. The van der Waals surface area contributed by atoms with Crippen LogP contribution in [0, 0.1) is 18.6 Å². The molecule has 0 bridgehead atoms. The third kappa shape index (κ3) is 4.22. The molecule has 0 amide bonds. The van der Waals surface area contributed by atoms with Crippen LogP contribution in [0.25, 0.3) is 10.9 Å². The fourth-order valence-corrected chi connectivity index (χ4v) is 4.67. The van der Waals surface area contributed by atoms with Crippen LogP contribution in [-0.2, 0) is 6.42 Å². The Labute approximate surface area is 186 Å². The molecule has 1 aliphatic heterocycles. The number of alkyl halides is 2. The first-order valence-electron chi connectivity index (χ1n) is 11.0. The number of aryl methyl sites for hydroxylation is 1. The molecule has 32 heavy (non-hydrogen) atoms. The summed E-state index contributed by atoms with van der Waals surface area (Å²) >= 11 is 0. The van der Waals surface area contributed by atoms with E-state index in [0.717, 1.165) is 41.1 Å². The first-order chi connectivity index (χ1) is 15.1. The normalized spacial score (nSPS) is 19.4. The minimum absolute atomic E-state index is 0. The van der Waals surface area contributed by atoms with Gasteiger partial charge in [-0.15, -0.1) is 0 Å².